The predicted octanol–water partition coefficient (Wildman–Crippen LogP) is 3.96. The van der Waals surface area contributed by atoms with E-state index in [9.17, 15) is 4.79 Å². The minimum absolute atomic E-state index is 0.0589. The van der Waals surface area contributed by atoms with Crippen molar-refractivity contribution >= 4 is 27.7 Å². The van der Waals surface area contributed by atoms with E-state index < -0.39 is 17.9 Å². The van der Waals surface area contributed by atoms with E-state index in [1.807, 2.05) is 72.8 Å². The average Bonchev–Trinajstić information content (AvgIpc) is 3.41. The lowest BCUT2D eigenvalue weighted by molar-refractivity contribution is -0.131. The van der Waals surface area contributed by atoms with Crippen LogP contribution in [0.1, 0.15) is 29.2 Å². The van der Waals surface area contributed by atoms with Gasteiger partial charge < -0.3 is 28.8 Å². The number of nitrogens with zero attached hydrogens (tertiary/aromatic N) is 1. The largest absolute Gasteiger partial charge is 0.497 e. The second-order valence-electron chi connectivity index (χ2n) is 9.60. The molecule has 2 atom stereocenters. The first kappa shape index (κ1) is 31.5. The number of aliphatic hydroxyl groups is 1. The summed E-state index contributed by atoms with van der Waals surface area (Å²) in [5.41, 5.74) is 6.67. The van der Waals surface area contributed by atoms with Crippen molar-refractivity contribution in [1.29, 1.82) is 0 Å². The summed E-state index contributed by atoms with van der Waals surface area (Å²) in [6, 6.07) is 22.5. The molecule has 0 bridgehead atoms. The molecule has 1 amide bonds. The first-order valence-electron chi connectivity index (χ1n) is 13.5. The van der Waals surface area contributed by atoms with E-state index in [4.69, 9.17) is 33.8 Å². The van der Waals surface area contributed by atoms with Gasteiger partial charge in [-0.3, -0.25) is 10.2 Å². The molecule has 3 aromatic rings. The van der Waals surface area contributed by atoms with Crippen LogP contribution in [0, 0.1) is 0 Å². The number of methoxy groups -OCH3 is 3. The first-order valence-corrected chi connectivity index (χ1v) is 14.3. The van der Waals surface area contributed by atoms with Crippen LogP contribution >= 0.6 is 15.9 Å². The van der Waals surface area contributed by atoms with Crippen LogP contribution in [0.2, 0.25) is 0 Å². The summed E-state index contributed by atoms with van der Waals surface area (Å²) in [5.74, 6) is 1.23. The van der Waals surface area contributed by atoms with Gasteiger partial charge in [-0.05, 0) is 59.7 Å². The van der Waals surface area contributed by atoms with Gasteiger partial charge in [0.2, 0.25) is 5.90 Å². The number of ether oxygens (including phenoxy) is 5. The summed E-state index contributed by atoms with van der Waals surface area (Å²) in [7, 11) is 4.64. The molecule has 0 radical (unpaired) electrons. The molecule has 0 spiro atoms. The molecule has 0 fully saturated rings. The third-order valence-electron chi connectivity index (χ3n) is 6.81. The quantitative estimate of drug-likeness (QED) is 0.130. The Morgan fingerprint density at radius 2 is 1.79 bits per heavy atom. The van der Waals surface area contributed by atoms with Crippen molar-refractivity contribution in [2.75, 3.05) is 41.1 Å². The van der Waals surface area contributed by atoms with E-state index in [2.05, 4.69) is 26.8 Å². The van der Waals surface area contributed by atoms with Crippen molar-refractivity contribution in [3.8, 4) is 11.5 Å². The number of amides is 1. The van der Waals surface area contributed by atoms with Crippen molar-refractivity contribution < 1.29 is 33.6 Å². The molecule has 0 unspecified atom stereocenters. The number of hydrazine groups is 1. The second-order valence-corrected chi connectivity index (χ2v) is 10.5. The van der Waals surface area contributed by atoms with Crippen LogP contribution < -0.4 is 20.3 Å². The molecule has 1 aliphatic heterocycles. The fourth-order valence-electron chi connectivity index (χ4n) is 4.59. The van der Waals surface area contributed by atoms with Crippen molar-refractivity contribution in [3.63, 3.8) is 0 Å². The molecule has 0 saturated carbocycles. The molecule has 224 valence electrons. The summed E-state index contributed by atoms with van der Waals surface area (Å²) in [6.07, 6.45) is -0.552. The number of hydrogen-bond acceptors (Lipinski definition) is 9. The van der Waals surface area contributed by atoms with Crippen LogP contribution in [-0.4, -0.2) is 69.8 Å². The van der Waals surface area contributed by atoms with Crippen molar-refractivity contribution in [2.45, 2.75) is 30.8 Å². The molecule has 4 rings (SSSR count). The number of aliphatic hydroxyl groups excluding tert-OH is 1. The molecule has 11 heteroatoms. The molecular weight excluding hydrogens is 606 g/mol. The van der Waals surface area contributed by atoms with Crippen molar-refractivity contribution in [2.24, 2.45) is 4.99 Å². The topological polar surface area (TPSA) is 120 Å². The number of benzene rings is 3. The maximum absolute atomic E-state index is 14.2. The van der Waals surface area contributed by atoms with Crippen LogP contribution in [0.15, 0.2) is 82.3 Å². The Labute approximate surface area is 254 Å². The number of carbonyl (C=O) groups is 1. The fourth-order valence-corrected chi connectivity index (χ4v) is 4.85. The van der Waals surface area contributed by atoms with Gasteiger partial charge in [-0.1, -0.05) is 40.2 Å². The highest BCUT2D eigenvalue weighted by atomic mass is 79.9. The Kier molecular flexibility index (Phi) is 11.3. The van der Waals surface area contributed by atoms with Gasteiger partial charge in [0, 0.05) is 43.7 Å². The van der Waals surface area contributed by atoms with Gasteiger partial charge in [0.05, 0.1) is 20.3 Å². The highest BCUT2D eigenvalue weighted by Crippen LogP contribution is 2.43. The fraction of sp³-hybridized carbons (Fsp3) is 0.355. The zero-order chi connectivity index (χ0) is 30.0. The number of nitrogens with one attached hydrogen (secondary N) is 2. The molecule has 1 heterocycles. The average molecular weight is 643 g/mol. The van der Waals surface area contributed by atoms with Gasteiger partial charge in [-0.2, -0.15) is 0 Å². The smallest absolute Gasteiger partial charge is 0.266 e. The van der Waals surface area contributed by atoms with Gasteiger partial charge >= 0.3 is 0 Å². The highest BCUT2D eigenvalue weighted by Gasteiger charge is 2.53. The lowest BCUT2D eigenvalue weighted by Gasteiger charge is -2.31. The molecule has 3 aromatic carbocycles. The van der Waals surface area contributed by atoms with Gasteiger partial charge in [-0.25, -0.2) is 10.4 Å². The van der Waals surface area contributed by atoms with Crippen LogP contribution in [0.5, 0.6) is 11.5 Å². The van der Waals surface area contributed by atoms with E-state index in [0.29, 0.717) is 36.0 Å². The Morgan fingerprint density at radius 3 is 2.45 bits per heavy atom. The van der Waals surface area contributed by atoms with Crippen LogP contribution in [-0.2, 0) is 25.4 Å². The molecule has 0 saturated heterocycles. The van der Waals surface area contributed by atoms with Gasteiger partial charge in [0.1, 0.15) is 11.5 Å². The number of hydrogen-bond donors (Lipinski definition) is 3. The summed E-state index contributed by atoms with van der Waals surface area (Å²) in [6.45, 7) is 0.678. The zero-order valence-corrected chi connectivity index (χ0v) is 25.4. The summed E-state index contributed by atoms with van der Waals surface area (Å²) in [5, 5.41) is 9.03. The predicted molar refractivity (Wildman–Crippen MR) is 162 cm³/mol. The third kappa shape index (κ3) is 7.67. The monoisotopic (exact) mass is 641 g/mol. The normalized spacial score (nSPS) is 18.0. The number of halogens is 1. The molecule has 0 aliphatic carbocycles. The van der Waals surface area contributed by atoms with Crippen LogP contribution in [0.4, 0.5) is 0 Å². The van der Waals surface area contributed by atoms with E-state index in [0.717, 1.165) is 15.6 Å². The maximum atomic E-state index is 14.2. The van der Waals surface area contributed by atoms with Crippen LogP contribution in [0.3, 0.4) is 0 Å². The van der Waals surface area contributed by atoms with Crippen molar-refractivity contribution in [1.82, 2.24) is 10.9 Å². The van der Waals surface area contributed by atoms with Gasteiger partial charge in [-0.15, -0.1) is 0 Å². The zero-order valence-electron chi connectivity index (χ0n) is 23.8. The molecule has 1 aliphatic rings. The Bertz CT molecular complexity index is 1330. The Morgan fingerprint density at radius 1 is 1.05 bits per heavy atom. The lowest BCUT2D eigenvalue weighted by Crippen LogP contribution is -2.55. The number of rotatable bonds is 15. The Balaban J connectivity index is 1.75. The lowest BCUT2D eigenvalue weighted by atomic mass is 9.82. The first-order chi connectivity index (χ1) is 20.4. The standard InChI is InChI=1S/C31H36BrN3O7/c1-38-26-7-4-6-23(18-26)28-31(19-21-8-12-24(32)13-9-21,30(37)35-33-20-27(39-2)40-3)34-29(42-28)22-10-14-25(15-11-22)41-17-5-16-36/h4,6-15,18,27-28,33,36H,5,16-17,19-20H2,1-3H3,(H,35,37)/t28-,31-/m0/s1. The second kappa shape index (κ2) is 15.1. The van der Waals surface area contributed by atoms with E-state index in [-0.39, 0.29) is 25.5 Å². The molecular formula is C31H36BrN3O7. The summed E-state index contributed by atoms with van der Waals surface area (Å²) in [4.78, 5) is 19.2. The molecule has 3 N–H and O–H groups in total. The van der Waals surface area contributed by atoms with E-state index in [1.54, 1.807) is 7.11 Å². The summed E-state index contributed by atoms with van der Waals surface area (Å²) >= 11 is 3.49. The van der Waals surface area contributed by atoms with Crippen LogP contribution in [0.25, 0.3) is 0 Å². The highest BCUT2D eigenvalue weighted by molar-refractivity contribution is 9.10. The minimum atomic E-state index is -1.39. The minimum Gasteiger partial charge on any atom is -0.497 e. The number of aliphatic imine (C=N–C) groups is 1. The van der Waals surface area contributed by atoms with E-state index >= 15 is 0 Å². The third-order valence-corrected chi connectivity index (χ3v) is 7.34. The number of carbonyl (C=O) groups excluding carboxylic acids is 1. The van der Waals surface area contributed by atoms with E-state index in [1.165, 1.54) is 14.2 Å². The molecule has 42 heavy (non-hydrogen) atoms. The maximum Gasteiger partial charge on any atom is 0.266 e. The molecule has 10 nitrogen and oxygen atoms in total. The Hall–Kier alpha value is -3.48. The van der Waals surface area contributed by atoms with Crippen molar-refractivity contribution in [3.05, 3.63) is 94.0 Å². The van der Waals surface area contributed by atoms with Gasteiger partial charge in [0.15, 0.2) is 17.9 Å². The molecule has 0 aromatic heterocycles. The SMILES string of the molecule is COc1cccc([C@@H]2OC(c3ccc(OCCCO)cc3)=N[C@]2(Cc2ccc(Br)cc2)C(=O)NNCC(OC)OC)c1. The summed E-state index contributed by atoms with van der Waals surface area (Å²) < 4.78 is 29.1. The van der Waals surface area contributed by atoms with Gasteiger partial charge in [0.25, 0.3) is 5.91 Å².